The summed E-state index contributed by atoms with van der Waals surface area (Å²) in [6.07, 6.45) is 4.37. The lowest BCUT2D eigenvalue weighted by atomic mass is 9.88. The third kappa shape index (κ3) is 5.37. The Morgan fingerprint density at radius 1 is 1.38 bits per heavy atom. The Morgan fingerprint density at radius 2 is 2.04 bits per heavy atom. The van der Waals surface area contributed by atoms with Crippen molar-refractivity contribution in [1.29, 1.82) is 0 Å². The van der Waals surface area contributed by atoms with Crippen molar-refractivity contribution < 1.29 is 14.3 Å². The van der Waals surface area contributed by atoms with Crippen molar-refractivity contribution in [2.45, 2.75) is 51.7 Å². The van der Waals surface area contributed by atoms with E-state index in [4.69, 9.17) is 15.2 Å². The number of pyridine rings is 1. The maximum absolute atomic E-state index is 12.1. The van der Waals surface area contributed by atoms with Crippen LogP contribution in [0.5, 0.6) is 5.88 Å². The number of nitrogens with zero attached hydrogens (tertiary/aromatic N) is 2. The highest BCUT2D eigenvalue weighted by molar-refractivity contribution is 5.68. The Hall–Kier alpha value is -1.82. The molecule has 2 rings (SSSR count). The van der Waals surface area contributed by atoms with E-state index in [0.29, 0.717) is 11.8 Å². The molecule has 0 radical (unpaired) electrons. The first-order valence-electron chi connectivity index (χ1n) is 8.52. The number of rotatable bonds is 4. The lowest BCUT2D eigenvalue weighted by Crippen LogP contribution is -2.42. The summed E-state index contributed by atoms with van der Waals surface area (Å²) in [5, 5.41) is 0. The zero-order chi connectivity index (χ0) is 17.7. The molecule has 2 N–H and O–H groups in total. The molecule has 6 nitrogen and oxygen atoms in total. The average molecular weight is 335 g/mol. The van der Waals surface area contributed by atoms with Crippen LogP contribution in [0.25, 0.3) is 0 Å². The molecule has 1 saturated heterocycles. The number of nitrogens with two attached hydrogens (primary N) is 1. The van der Waals surface area contributed by atoms with E-state index in [1.54, 1.807) is 18.2 Å². The number of likely N-dealkylation sites (tertiary alicyclic amines) is 1. The van der Waals surface area contributed by atoms with E-state index >= 15 is 0 Å². The molecular formula is C18H29N3O3. The van der Waals surface area contributed by atoms with Gasteiger partial charge in [0.1, 0.15) is 5.60 Å². The van der Waals surface area contributed by atoms with Gasteiger partial charge in [0.05, 0.1) is 7.11 Å². The van der Waals surface area contributed by atoms with Crippen LogP contribution in [-0.2, 0) is 4.74 Å². The number of amides is 1. The fourth-order valence-corrected chi connectivity index (χ4v) is 2.90. The molecule has 2 heterocycles. The van der Waals surface area contributed by atoms with Crippen molar-refractivity contribution in [1.82, 2.24) is 9.88 Å². The van der Waals surface area contributed by atoms with Crippen LogP contribution in [0.2, 0.25) is 0 Å². The quantitative estimate of drug-likeness (QED) is 0.914. The molecule has 1 aromatic heterocycles. The fourth-order valence-electron chi connectivity index (χ4n) is 2.90. The number of carbonyl (C=O) groups excluding carboxylic acids is 1. The summed E-state index contributed by atoms with van der Waals surface area (Å²) < 4.78 is 10.5. The first-order chi connectivity index (χ1) is 11.3. The molecule has 0 aliphatic carbocycles. The SMILES string of the molecule is COc1ccc([C@@H](N)CC2CCN(C(=O)OC(C)(C)C)CC2)cn1. The maximum Gasteiger partial charge on any atom is 0.410 e. The van der Waals surface area contributed by atoms with Gasteiger partial charge < -0.3 is 20.1 Å². The molecule has 1 fully saturated rings. The van der Waals surface area contributed by atoms with E-state index < -0.39 is 5.60 Å². The molecular weight excluding hydrogens is 306 g/mol. The Morgan fingerprint density at radius 3 is 2.54 bits per heavy atom. The number of hydrogen-bond acceptors (Lipinski definition) is 5. The normalized spacial score (nSPS) is 17.5. The summed E-state index contributed by atoms with van der Waals surface area (Å²) in [5.41, 5.74) is 6.88. The largest absolute Gasteiger partial charge is 0.481 e. The standard InChI is InChI=1S/C18H29N3O3/c1-18(2,3)24-17(22)21-9-7-13(8-10-21)11-15(19)14-5-6-16(23-4)20-12-14/h5-6,12-13,15H,7-11,19H2,1-4H3/t15-/m0/s1. The first-order valence-corrected chi connectivity index (χ1v) is 8.52. The molecule has 1 atom stereocenters. The van der Waals surface area contributed by atoms with Gasteiger partial charge in [0.15, 0.2) is 0 Å². The van der Waals surface area contributed by atoms with Gasteiger partial charge >= 0.3 is 6.09 Å². The minimum Gasteiger partial charge on any atom is -0.481 e. The van der Waals surface area contributed by atoms with Crippen molar-refractivity contribution in [3.63, 3.8) is 0 Å². The number of methoxy groups -OCH3 is 1. The smallest absolute Gasteiger partial charge is 0.410 e. The average Bonchev–Trinajstić information content (AvgIpc) is 2.54. The second kappa shape index (κ2) is 7.83. The van der Waals surface area contributed by atoms with E-state index in [1.807, 2.05) is 32.9 Å². The summed E-state index contributed by atoms with van der Waals surface area (Å²) in [5.74, 6) is 1.11. The van der Waals surface area contributed by atoms with Crippen molar-refractivity contribution >= 4 is 6.09 Å². The molecule has 6 heteroatoms. The Kier molecular flexibility index (Phi) is 6.04. The molecule has 0 spiro atoms. The second-order valence-corrected chi connectivity index (χ2v) is 7.39. The van der Waals surface area contributed by atoms with Gasteiger partial charge in [-0.05, 0) is 51.5 Å². The number of hydrogen-bond donors (Lipinski definition) is 1. The predicted molar refractivity (Wildman–Crippen MR) is 92.9 cm³/mol. The van der Waals surface area contributed by atoms with Crippen LogP contribution in [0.1, 0.15) is 51.6 Å². The van der Waals surface area contributed by atoms with Crippen LogP contribution in [0.15, 0.2) is 18.3 Å². The van der Waals surface area contributed by atoms with Crippen molar-refractivity contribution in [3.8, 4) is 5.88 Å². The number of ether oxygens (including phenoxy) is 2. The molecule has 1 amide bonds. The van der Waals surface area contributed by atoms with E-state index in [1.165, 1.54) is 0 Å². The molecule has 134 valence electrons. The fraction of sp³-hybridized carbons (Fsp3) is 0.667. The van der Waals surface area contributed by atoms with E-state index in [-0.39, 0.29) is 12.1 Å². The summed E-state index contributed by atoms with van der Waals surface area (Å²) in [7, 11) is 1.60. The molecule has 0 bridgehead atoms. The lowest BCUT2D eigenvalue weighted by Gasteiger charge is -2.34. The minimum absolute atomic E-state index is 0.0403. The summed E-state index contributed by atoms with van der Waals surface area (Å²) in [4.78, 5) is 18.1. The number of carbonyl (C=O) groups is 1. The molecule has 1 aliphatic rings. The molecule has 1 aliphatic heterocycles. The highest BCUT2D eigenvalue weighted by Gasteiger charge is 2.27. The van der Waals surface area contributed by atoms with Gasteiger partial charge in [0.25, 0.3) is 0 Å². The summed E-state index contributed by atoms with van der Waals surface area (Å²) in [6, 6.07) is 3.76. The predicted octanol–water partition coefficient (Wildman–Crippen LogP) is 3.13. The van der Waals surface area contributed by atoms with Gasteiger partial charge in [-0.1, -0.05) is 6.07 Å². The van der Waals surface area contributed by atoms with Gasteiger partial charge in [-0.3, -0.25) is 0 Å². The van der Waals surface area contributed by atoms with Gasteiger partial charge in [-0.25, -0.2) is 9.78 Å². The molecule has 0 aromatic carbocycles. The minimum atomic E-state index is -0.447. The van der Waals surface area contributed by atoms with Crippen molar-refractivity contribution in [2.75, 3.05) is 20.2 Å². The van der Waals surface area contributed by atoms with Crippen LogP contribution in [-0.4, -0.2) is 41.8 Å². The second-order valence-electron chi connectivity index (χ2n) is 7.39. The first kappa shape index (κ1) is 18.5. The summed E-state index contributed by atoms with van der Waals surface area (Å²) in [6.45, 7) is 7.12. The zero-order valence-electron chi connectivity index (χ0n) is 15.1. The Bertz CT molecular complexity index is 531. The molecule has 24 heavy (non-hydrogen) atoms. The Labute approximate surface area is 144 Å². The number of piperidine rings is 1. The maximum atomic E-state index is 12.1. The summed E-state index contributed by atoms with van der Waals surface area (Å²) >= 11 is 0. The lowest BCUT2D eigenvalue weighted by molar-refractivity contribution is 0.0179. The molecule has 1 aromatic rings. The van der Waals surface area contributed by atoms with Crippen molar-refractivity contribution in [3.05, 3.63) is 23.9 Å². The van der Waals surface area contributed by atoms with E-state index in [9.17, 15) is 4.79 Å². The van der Waals surface area contributed by atoms with Gasteiger partial charge in [0.2, 0.25) is 5.88 Å². The third-order valence-electron chi connectivity index (χ3n) is 4.25. The van der Waals surface area contributed by atoms with Crippen LogP contribution in [0, 0.1) is 5.92 Å². The topological polar surface area (TPSA) is 77.7 Å². The molecule has 0 saturated carbocycles. The highest BCUT2D eigenvalue weighted by Crippen LogP contribution is 2.28. The monoisotopic (exact) mass is 335 g/mol. The van der Waals surface area contributed by atoms with Gasteiger partial charge in [0, 0.05) is 31.4 Å². The Balaban J connectivity index is 1.80. The number of aromatic nitrogens is 1. The van der Waals surface area contributed by atoms with Crippen LogP contribution in [0.4, 0.5) is 4.79 Å². The van der Waals surface area contributed by atoms with Gasteiger partial charge in [-0.15, -0.1) is 0 Å². The third-order valence-corrected chi connectivity index (χ3v) is 4.25. The zero-order valence-corrected chi connectivity index (χ0v) is 15.1. The van der Waals surface area contributed by atoms with Gasteiger partial charge in [-0.2, -0.15) is 0 Å². The van der Waals surface area contributed by atoms with Crippen LogP contribution in [0.3, 0.4) is 0 Å². The van der Waals surface area contributed by atoms with Crippen LogP contribution < -0.4 is 10.5 Å². The van der Waals surface area contributed by atoms with Crippen molar-refractivity contribution in [2.24, 2.45) is 11.7 Å². The van der Waals surface area contributed by atoms with E-state index in [2.05, 4.69) is 4.98 Å². The van der Waals surface area contributed by atoms with Crippen LogP contribution >= 0.6 is 0 Å². The highest BCUT2D eigenvalue weighted by atomic mass is 16.6. The van der Waals surface area contributed by atoms with E-state index in [0.717, 1.165) is 37.9 Å². The molecule has 0 unspecified atom stereocenters.